The Morgan fingerprint density at radius 3 is 2.26 bits per heavy atom. The number of benzene rings is 2. The van der Waals surface area contributed by atoms with E-state index >= 15 is 0 Å². The molecule has 0 bridgehead atoms. The first kappa shape index (κ1) is 34.2. The number of methoxy groups -OCH3 is 1. The van der Waals surface area contributed by atoms with Gasteiger partial charge in [0.1, 0.15) is 17.9 Å². The van der Waals surface area contributed by atoms with Crippen LogP contribution in [0, 0.1) is 5.41 Å². The molecule has 8 N–H and O–H groups in total. The molecule has 15 heteroatoms. The lowest BCUT2D eigenvalue weighted by Gasteiger charge is -2.22. The number of amides is 3. The summed E-state index contributed by atoms with van der Waals surface area (Å²) >= 11 is 0. The van der Waals surface area contributed by atoms with Crippen LogP contribution >= 0.6 is 0 Å². The smallest absolute Gasteiger partial charge is 0.409 e. The first-order chi connectivity index (χ1) is 20.0. The van der Waals surface area contributed by atoms with Crippen molar-refractivity contribution in [3.8, 4) is 0 Å². The van der Waals surface area contributed by atoms with Gasteiger partial charge in [-0.1, -0.05) is 54.6 Å². The summed E-state index contributed by atoms with van der Waals surface area (Å²) in [6.45, 7) is -0.668. The van der Waals surface area contributed by atoms with E-state index in [1.807, 2.05) is 0 Å². The summed E-state index contributed by atoms with van der Waals surface area (Å²) in [4.78, 5) is 37.6. The lowest BCUT2D eigenvalue weighted by atomic mass is 10.1. The van der Waals surface area contributed by atoms with Crippen LogP contribution in [0.4, 0.5) is 4.79 Å². The summed E-state index contributed by atoms with van der Waals surface area (Å²) in [5.74, 6) is -1.90. The summed E-state index contributed by atoms with van der Waals surface area (Å²) in [6, 6.07) is 12.4. The number of rotatable bonds is 18. The van der Waals surface area contributed by atoms with Crippen molar-refractivity contribution >= 4 is 33.8 Å². The molecule has 2 rings (SSSR count). The van der Waals surface area contributed by atoms with Crippen molar-refractivity contribution in [1.29, 1.82) is 5.41 Å². The summed E-state index contributed by atoms with van der Waals surface area (Å²) in [5.41, 5.74) is 7.21. The van der Waals surface area contributed by atoms with Gasteiger partial charge in [0, 0.05) is 25.8 Å². The second-order valence-corrected chi connectivity index (χ2v) is 11.0. The molecule has 0 aromatic heterocycles. The summed E-state index contributed by atoms with van der Waals surface area (Å²) < 4.78 is 36.8. The maximum Gasteiger partial charge on any atom is 0.409 e. The molecule has 0 saturated heterocycles. The number of carbonyl (C=O) groups is 3. The Morgan fingerprint density at radius 2 is 1.64 bits per heavy atom. The number of aliphatic hydroxyl groups excluding tert-OH is 1. The number of hydrogen-bond acceptors (Lipinski definition) is 9. The second-order valence-electron chi connectivity index (χ2n) is 9.25. The number of ether oxygens (including phenoxy) is 2. The van der Waals surface area contributed by atoms with Crippen molar-refractivity contribution in [3.05, 3.63) is 71.3 Å². The number of hydrogen-bond donors (Lipinski definition) is 7. The van der Waals surface area contributed by atoms with E-state index in [1.165, 1.54) is 7.11 Å². The maximum atomic E-state index is 13.1. The number of nitrogens with one attached hydrogen (secondary N) is 5. The summed E-state index contributed by atoms with van der Waals surface area (Å²) in [7, 11) is -2.62. The second kappa shape index (κ2) is 17.7. The van der Waals surface area contributed by atoms with E-state index < -0.39 is 52.4 Å². The number of unbranched alkanes of at least 4 members (excludes halogenated alkanes) is 1. The normalized spacial score (nSPS) is 12.5. The topological polar surface area (TPSA) is 222 Å². The highest BCUT2D eigenvalue weighted by molar-refractivity contribution is 7.88. The average Bonchev–Trinajstić information content (AvgIpc) is 2.97. The zero-order valence-corrected chi connectivity index (χ0v) is 24.1. The summed E-state index contributed by atoms with van der Waals surface area (Å²) in [5, 5.41) is 25.0. The molecule has 0 spiro atoms. The van der Waals surface area contributed by atoms with Crippen LogP contribution in [0.2, 0.25) is 0 Å². The van der Waals surface area contributed by atoms with Gasteiger partial charge in [-0.3, -0.25) is 15.0 Å². The highest BCUT2D eigenvalue weighted by atomic mass is 32.2. The van der Waals surface area contributed by atoms with E-state index in [1.54, 1.807) is 54.6 Å². The van der Waals surface area contributed by atoms with Gasteiger partial charge in [-0.05, 0) is 30.4 Å². The predicted octanol–water partition coefficient (Wildman–Crippen LogP) is 0.0526. The molecule has 0 fully saturated rings. The largest absolute Gasteiger partial charge is 0.422 e. The number of carbonyl (C=O) groups excluding carboxylic acids is 3. The Labute approximate surface area is 244 Å². The lowest BCUT2D eigenvalue weighted by molar-refractivity contribution is -0.130. The molecule has 0 aliphatic rings. The Hall–Kier alpha value is -4.05. The Balaban J connectivity index is 2.02. The number of alkyl carbamates (subject to hydrolysis) is 1. The number of nitrogens with two attached hydrogens (primary N) is 1. The first-order valence-corrected chi connectivity index (χ1v) is 14.8. The number of sulfonamides is 1. The van der Waals surface area contributed by atoms with Gasteiger partial charge in [-0.2, -0.15) is 0 Å². The minimum Gasteiger partial charge on any atom is -0.422 e. The van der Waals surface area contributed by atoms with Crippen molar-refractivity contribution in [3.63, 3.8) is 0 Å². The van der Waals surface area contributed by atoms with E-state index in [4.69, 9.17) is 15.9 Å². The van der Waals surface area contributed by atoms with Crippen LogP contribution in [0.3, 0.4) is 0 Å². The van der Waals surface area contributed by atoms with Crippen LogP contribution in [0.15, 0.2) is 54.6 Å². The molecule has 230 valence electrons. The predicted molar refractivity (Wildman–Crippen MR) is 155 cm³/mol. The molecule has 0 aliphatic heterocycles. The van der Waals surface area contributed by atoms with Crippen LogP contribution in [0.1, 0.15) is 36.0 Å². The molecular weight excluding hydrogens is 568 g/mol. The van der Waals surface area contributed by atoms with Gasteiger partial charge in [-0.25, -0.2) is 17.9 Å². The van der Waals surface area contributed by atoms with Gasteiger partial charge in [0.25, 0.3) is 0 Å². The van der Waals surface area contributed by atoms with Crippen molar-refractivity contribution in [2.75, 3.05) is 27.1 Å². The van der Waals surface area contributed by atoms with E-state index in [-0.39, 0.29) is 32.1 Å². The molecule has 0 radical (unpaired) electrons. The minimum atomic E-state index is -4.00. The Kier molecular flexibility index (Phi) is 14.4. The number of nitrogen functional groups attached to an aromatic ring is 1. The standard InChI is InChI=1S/C27H38N6O8S/c1-40-18-41-27(37)30-14-6-5-9-22(25(35)31-15-19-10-12-21(13-11-19)24(28)29)32-26(36)23(16-34)33-42(38,39)17-20-7-3-2-4-8-20/h2-4,7-8,10-13,22-23,33-34H,5-6,9,14-18H2,1H3,(H3,28,29)(H,30,37)(H,31,35)(H,32,36)/t22-,23+/m0/s1. The fourth-order valence-electron chi connectivity index (χ4n) is 3.71. The van der Waals surface area contributed by atoms with Crippen LogP contribution in [0.25, 0.3) is 0 Å². The highest BCUT2D eigenvalue weighted by Gasteiger charge is 2.28. The van der Waals surface area contributed by atoms with E-state index in [2.05, 4.69) is 25.4 Å². The first-order valence-electron chi connectivity index (χ1n) is 13.1. The third kappa shape index (κ3) is 12.6. The van der Waals surface area contributed by atoms with Crippen LogP contribution in [0.5, 0.6) is 0 Å². The average molecular weight is 607 g/mol. The van der Waals surface area contributed by atoms with Gasteiger partial charge in [0.2, 0.25) is 21.8 Å². The molecule has 0 heterocycles. The zero-order valence-electron chi connectivity index (χ0n) is 23.3. The third-order valence-corrected chi connectivity index (χ3v) is 7.24. The fourth-order valence-corrected chi connectivity index (χ4v) is 5.04. The number of aliphatic hydroxyl groups is 1. The van der Waals surface area contributed by atoms with E-state index in [0.29, 0.717) is 24.0 Å². The fraction of sp³-hybridized carbons (Fsp3) is 0.407. The minimum absolute atomic E-state index is 0.0901. The molecule has 2 atom stereocenters. The molecule has 0 unspecified atom stereocenters. The summed E-state index contributed by atoms with van der Waals surface area (Å²) in [6.07, 6.45) is 0.343. The van der Waals surface area contributed by atoms with Gasteiger partial charge in [0.15, 0.2) is 6.79 Å². The number of amidine groups is 1. The van der Waals surface area contributed by atoms with Crippen molar-refractivity contribution < 1.29 is 37.4 Å². The zero-order chi connectivity index (χ0) is 31.0. The van der Waals surface area contributed by atoms with E-state index in [0.717, 1.165) is 5.56 Å². The van der Waals surface area contributed by atoms with Crippen molar-refractivity contribution in [1.82, 2.24) is 20.7 Å². The van der Waals surface area contributed by atoms with E-state index in [9.17, 15) is 27.9 Å². The lowest BCUT2D eigenvalue weighted by Crippen LogP contribution is -2.55. The third-order valence-electron chi connectivity index (χ3n) is 5.88. The Morgan fingerprint density at radius 1 is 0.952 bits per heavy atom. The van der Waals surface area contributed by atoms with Gasteiger partial charge in [0.05, 0.1) is 12.4 Å². The van der Waals surface area contributed by atoms with Crippen LogP contribution in [-0.4, -0.2) is 76.4 Å². The molecule has 14 nitrogen and oxygen atoms in total. The molecule has 42 heavy (non-hydrogen) atoms. The van der Waals surface area contributed by atoms with Crippen molar-refractivity contribution in [2.45, 2.75) is 43.6 Å². The van der Waals surface area contributed by atoms with Gasteiger partial charge >= 0.3 is 6.09 Å². The van der Waals surface area contributed by atoms with Crippen LogP contribution in [-0.2, 0) is 41.4 Å². The van der Waals surface area contributed by atoms with Gasteiger partial charge in [-0.15, -0.1) is 0 Å². The maximum absolute atomic E-state index is 13.1. The molecule has 0 saturated carbocycles. The quantitative estimate of drug-likeness (QED) is 0.0526. The SMILES string of the molecule is COCOC(=O)NCCCC[C@H](NC(=O)[C@@H](CO)NS(=O)(=O)Cc1ccccc1)C(=O)NCc1ccc(C(=N)N)cc1. The molecule has 0 aliphatic carbocycles. The highest BCUT2D eigenvalue weighted by Crippen LogP contribution is 2.08. The molecule has 3 amide bonds. The molecule has 2 aromatic carbocycles. The van der Waals surface area contributed by atoms with Gasteiger partial charge < -0.3 is 36.3 Å². The van der Waals surface area contributed by atoms with Crippen LogP contribution < -0.4 is 26.4 Å². The monoisotopic (exact) mass is 606 g/mol. The Bertz CT molecular complexity index is 1280. The molecule has 2 aromatic rings. The van der Waals surface area contributed by atoms with Crippen molar-refractivity contribution in [2.24, 2.45) is 5.73 Å². The molecular formula is C27H38N6O8S.